The van der Waals surface area contributed by atoms with Gasteiger partial charge in [0.2, 0.25) is 11.8 Å². The highest BCUT2D eigenvalue weighted by molar-refractivity contribution is 5.90. The van der Waals surface area contributed by atoms with Crippen LogP contribution in [0.4, 0.5) is 0 Å². The van der Waals surface area contributed by atoms with E-state index in [1.807, 2.05) is 6.92 Å². The van der Waals surface area contributed by atoms with Crippen LogP contribution in [0.3, 0.4) is 0 Å². The number of carboxylic acids is 1. The number of carboxylic acid groups (broad SMARTS) is 1. The monoisotopic (exact) mass is 254 g/mol. The van der Waals surface area contributed by atoms with Crippen LogP contribution >= 0.6 is 0 Å². The summed E-state index contributed by atoms with van der Waals surface area (Å²) in [4.78, 5) is 37.2. The van der Waals surface area contributed by atoms with Gasteiger partial charge in [-0.25, -0.2) is 0 Å². The van der Waals surface area contributed by atoms with E-state index >= 15 is 0 Å². The van der Waals surface area contributed by atoms with Gasteiger partial charge in [0, 0.05) is 26.1 Å². The highest BCUT2D eigenvalue weighted by Crippen LogP contribution is 2.19. The molecule has 1 fully saturated rings. The average Bonchev–Trinajstić information content (AvgIpc) is 2.68. The van der Waals surface area contributed by atoms with Crippen molar-refractivity contribution in [2.75, 3.05) is 26.2 Å². The molecule has 1 aliphatic heterocycles. The lowest BCUT2D eigenvalue weighted by atomic mass is 10.1. The van der Waals surface area contributed by atoms with E-state index < -0.39 is 11.9 Å². The Morgan fingerprint density at radius 3 is 2.72 bits per heavy atom. The van der Waals surface area contributed by atoms with Crippen molar-refractivity contribution in [1.82, 2.24) is 9.80 Å². The Morgan fingerprint density at radius 1 is 1.61 bits per heavy atom. The summed E-state index contributed by atoms with van der Waals surface area (Å²) in [6.07, 6.45) is 1.65. The summed E-state index contributed by atoms with van der Waals surface area (Å²) >= 11 is 0. The topological polar surface area (TPSA) is 77.9 Å². The lowest BCUT2D eigenvalue weighted by molar-refractivity contribution is -0.145. The maximum atomic E-state index is 12.1. The second kappa shape index (κ2) is 6.18. The Hall–Kier alpha value is -1.85. The van der Waals surface area contributed by atoms with Crippen LogP contribution in [0.15, 0.2) is 12.7 Å². The summed E-state index contributed by atoms with van der Waals surface area (Å²) in [5.74, 6) is -1.84. The van der Waals surface area contributed by atoms with Gasteiger partial charge in [0.1, 0.15) is 6.54 Å². The first-order valence-corrected chi connectivity index (χ1v) is 5.88. The number of hydrogen-bond donors (Lipinski definition) is 1. The largest absolute Gasteiger partial charge is 0.480 e. The zero-order valence-electron chi connectivity index (χ0n) is 10.5. The van der Waals surface area contributed by atoms with Gasteiger partial charge in [0.25, 0.3) is 0 Å². The molecule has 1 unspecified atom stereocenters. The number of hydrogen-bond acceptors (Lipinski definition) is 3. The number of nitrogens with zero attached hydrogens (tertiary/aromatic N) is 2. The van der Waals surface area contributed by atoms with Crippen molar-refractivity contribution in [3.8, 4) is 0 Å². The van der Waals surface area contributed by atoms with E-state index in [1.165, 1.54) is 11.0 Å². The van der Waals surface area contributed by atoms with E-state index in [9.17, 15) is 14.4 Å². The molecule has 1 aliphatic rings. The van der Waals surface area contributed by atoms with Gasteiger partial charge in [-0.2, -0.15) is 0 Å². The minimum absolute atomic E-state index is 0.0512. The Kier molecular flexibility index (Phi) is 4.88. The molecule has 18 heavy (non-hydrogen) atoms. The van der Waals surface area contributed by atoms with Crippen molar-refractivity contribution >= 4 is 17.8 Å². The van der Waals surface area contributed by atoms with Gasteiger partial charge in [-0.15, -0.1) is 6.58 Å². The molecule has 6 nitrogen and oxygen atoms in total. The van der Waals surface area contributed by atoms with Crippen LogP contribution in [0.25, 0.3) is 0 Å². The van der Waals surface area contributed by atoms with Crippen LogP contribution in [-0.4, -0.2) is 58.9 Å². The lowest BCUT2D eigenvalue weighted by Crippen LogP contribution is -2.40. The van der Waals surface area contributed by atoms with Crippen LogP contribution in [-0.2, 0) is 14.4 Å². The third kappa shape index (κ3) is 3.32. The molecule has 1 saturated heterocycles. The molecule has 1 atom stereocenters. The maximum Gasteiger partial charge on any atom is 0.323 e. The van der Waals surface area contributed by atoms with E-state index in [1.54, 1.807) is 4.90 Å². The van der Waals surface area contributed by atoms with Crippen molar-refractivity contribution in [3.63, 3.8) is 0 Å². The first-order valence-electron chi connectivity index (χ1n) is 5.88. The molecular formula is C12H18N2O4. The third-order valence-electron chi connectivity index (χ3n) is 2.93. The number of carbonyl (C=O) groups is 3. The fraction of sp³-hybridized carbons (Fsp3) is 0.583. The van der Waals surface area contributed by atoms with Crippen LogP contribution in [0.5, 0.6) is 0 Å². The van der Waals surface area contributed by atoms with Gasteiger partial charge >= 0.3 is 5.97 Å². The minimum Gasteiger partial charge on any atom is -0.480 e. The number of rotatable bonds is 6. The molecule has 0 aromatic rings. The second-order valence-corrected chi connectivity index (χ2v) is 4.23. The number of carbonyl (C=O) groups excluding carboxylic acids is 2. The van der Waals surface area contributed by atoms with Gasteiger partial charge in [-0.3, -0.25) is 14.4 Å². The second-order valence-electron chi connectivity index (χ2n) is 4.23. The fourth-order valence-electron chi connectivity index (χ4n) is 2.05. The Labute approximate surface area is 106 Å². The van der Waals surface area contributed by atoms with Crippen LogP contribution < -0.4 is 0 Å². The summed E-state index contributed by atoms with van der Waals surface area (Å²) in [5, 5.41) is 8.75. The Bertz CT molecular complexity index is 367. The predicted molar refractivity (Wildman–Crippen MR) is 64.8 cm³/mol. The van der Waals surface area contributed by atoms with Gasteiger partial charge in [-0.1, -0.05) is 6.08 Å². The van der Waals surface area contributed by atoms with E-state index in [4.69, 9.17) is 5.11 Å². The highest BCUT2D eigenvalue weighted by atomic mass is 16.4. The Balaban J connectivity index is 2.69. The number of amides is 2. The van der Waals surface area contributed by atoms with Crippen molar-refractivity contribution in [2.24, 2.45) is 5.92 Å². The summed E-state index contributed by atoms with van der Waals surface area (Å²) in [6, 6.07) is 0. The third-order valence-corrected chi connectivity index (χ3v) is 2.93. The van der Waals surface area contributed by atoms with E-state index in [2.05, 4.69) is 6.58 Å². The van der Waals surface area contributed by atoms with Crippen LogP contribution in [0, 0.1) is 5.92 Å². The molecule has 0 aromatic heterocycles. The van der Waals surface area contributed by atoms with Gasteiger partial charge in [-0.05, 0) is 6.92 Å². The molecule has 6 heteroatoms. The van der Waals surface area contributed by atoms with E-state index in [0.29, 0.717) is 13.1 Å². The molecule has 0 aromatic carbocycles. The van der Waals surface area contributed by atoms with Crippen LogP contribution in [0.2, 0.25) is 0 Å². The number of likely N-dealkylation sites (tertiary alicyclic amines) is 1. The summed E-state index contributed by atoms with van der Waals surface area (Å²) in [7, 11) is 0. The van der Waals surface area contributed by atoms with Gasteiger partial charge < -0.3 is 14.9 Å². The molecule has 0 spiro atoms. The maximum absolute atomic E-state index is 12.1. The molecule has 1 rings (SSSR count). The normalized spacial score (nSPS) is 18.8. The minimum atomic E-state index is -1.07. The summed E-state index contributed by atoms with van der Waals surface area (Å²) in [5.41, 5.74) is 0. The zero-order valence-corrected chi connectivity index (χ0v) is 10.5. The SMILES string of the molecule is C=CCN(CC(=O)O)C(=O)C1CC(=O)N(CC)C1. The van der Waals surface area contributed by atoms with Crippen molar-refractivity contribution in [1.29, 1.82) is 0 Å². The first-order chi connectivity index (χ1) is 8.49. The van der Waals surface area contributed by atoms with E-state index in [-0.39, 0.29) is 31.3 Å². The zero-order chi connectivity index (χ0) is 13.7. The molecule has 0 saturated carbocycles. The Morgan fingerprint density at radius 2 is 2.28 bits per heavy atom. The molecule has 100 valence electrons. The van der Waals surface area contributed by atoms with Crippen molar-refractivity contribution in [2.45, 2.75) is 13.3 Å². The first kappa shape index (κ1) is 14.2. The smallest absolute Gasteiger partial charge is 0.323 e. The van der Waals surface area contributed by atoms with Crippen molar-refractivity contribution < 1.29 is 19.5 Å². The molecule has 0 radical (unpaired) electrons. The predicted octanol–water partition coefficient (Wildman–Crippen LogP) is -0.0460. The van der Waals surface area contributed by atoms with Gasteiger partial charge in [0.15, 0.2) is 0 Å². The molecule has 0 aliphatic carbocycles. The molecule has 0 bridgehead atoms. The number of aliphatic carboxylic acids is 1. The average molecular weight is 254 g/mol. The lowest BCUT2D eigenvalue weighted by Gasteiger charge is -2.22. The van der Waals surface area contributed by atoms with Crippen LogP contribution in [0.1, 0.15) is 13.3 Å². The molecule has 2 amide bonds. The van der Waals surface area contributed by atoms with E-state index in [0.717, 1.165) is 0 Å². The van der Waals surface area contributed by atoms with Gasteiger partial charge in [0.05, 0.1) is 5.92 Å². The highest BCUT2D eigenvalue weighted by Gasteiger charge is 2.35. The molecule has 1 heterocycles. The van der Waals surface area contributed by atoms with Crippen molar-refractivity contribution in [3.05, 3.63) is 12.7 Å². The summed E-state index contributed by atoms with van der Waals surface area (Å²) < 4.78 is 0. The standard InChI is InChI=1S/C12H18N2O4/c1-3-5-14(8-11(16)17)12(18)9-6-10(15)13(4-2)7-9/h3,9H,1,4-8H2,2H3,(H,16,17). The molecular weight excluding hydrogens is 236 g/mol. The summed E-state index contributed by atoms with van der Waals surface area (Å²) in [6.45, 7) is 6.12. The molecule has 1 N–H and O–H groups in total. The fourth-order valence-corrected chi connectivity index (χ4v) is 2.05. The quantitative estimate of drug-likeness (QED) is 0.674.